The SMILES string of the molecule is CC1C(=O)CCC2(C)CCC(C(=O)C=Cc3ccco3)CC12. The van der Waals surface area contributed by atoms with Crippen molar-refractivity contribution in [2.75, 3.05) is 0 Å². The fourth-order valence-corrected chi connectivity index (χ4v) is 4.32. The number of carbonyl (C=O) groups excluding carboxylic acids is 2. The van der Waals surface area contributed by atoms with E-state index in [0.29, 0.717) is 23.9 Å². The van der Waals surface area contributed by atoms with E-state index in [4.69, 9.17) is 4.42 Å². The molecule has 3 rings (SSSR count). The van der Waals surface area contributed by atoms with Crippen LogP contribution in [0.15, 0.2) is 28.9 Å². The zero-order valence-electron chi connectivity index (χ0n) is 13.4. The van der Waals surface area contributed by atoms with Crippen molar-refractivity contribution < 1.29 is 14.0 Å². The second kappa shape index (κ2) is 5.86. The molecule has 0 aliphatic heterocycles. The molecule has 2 fully saturated rings. The Balaban J connectivity index is 1.69. The summed E-state index contributed by atoms with van der Waals surface area (Å²) in [5.74, 6) is 1.76. The average molecular weight is 300 g/mol. The normalized spacial score (nSPS) is 35.5. The van der Waals surface area contributed by atoms with Crippen LogP contribution < -0.4 is 0 Å². The number of Topliss-reactive ketones (excluding diaryl/α,β-unsaturated/α-hetero) is 1. The van der Waals surface area contributed by atoms with E-state index in [9.17, 15) is 9.59 Å². The highest BCUT2D eigenvalue weighted by Gasteiger charge is 2.48. The molecule has 0 N–H and O–H groups in total. The van der Waals surface area contributed by atoms with E-state index in [0.717, 1.165) is 25.7 Å². The summed E-state index contributed by atoms with van der Waals surface area (Å²) in [6, 6.07) is 3.65. The molecule has 1 aromatic heterocycles. The molecule has 4 atom stereocenters. The number of carbonyl (C=O) groups is 2. The Bertz CT molecular complexity index is 584. The van der Waals surface area contributed by atoms with Crippen LogP contribution >= 0.6 is 0 Å². The molecule has 0 amide bonds. The molecule has 0 saturated heterocycles. The first kappa shape index (κ1) is 15.3. The van der Waals surface area contributed by atoms with Crippen molar-refractivity contribution in [2.24, 2.45) is 23.2 Å². The molecular formula is C19H24O3. The highest BCUT2D eigenvalue weighted by molar-refractivity contribution is 5.95. The van der Waals surface area contributed by atoms with Gasteiger partial charge in [0.2, 0.25) is 0 Å². The van der Waals surface area contributed by atoms with Crippen molar-refractivity contribution >= 4 is 17.6 Å². The molecule has 0 radical (unpaired) electrons. The van der Waals surface area contributed by atoms with E-state index in [1.165, 1.54) is 0 Å². The lowest BCUT2D eigenvalue weighted by Crippen LogP contribution is -2.45. The van der Waals surface area contributed by atoms with E-state index < -0.39 is 0 Å². The standard InChI is InChI=1S/C19H24O3/c1-13-16-12-14(7-9-19(16,2)10-8-17(13)20)18(21)6-5-15-4-3-11-22-15/h3-6,11,13-14,16H,7-10,12H2,1-2H3. The number of hydrogen-bond acceptors (Lipinski definition) is 3. The lowest BCUT2D eigenvalue weighted by atomic mass is 9.54. The largest absolute Gasteiger partial charge is 0.465 e. The minimum atomic E-state index is 0.0534. The molecule has 2 aliphatic rings. The quantitative estimate of drug-likeness (QED) is 0.783. The topological polar surface area (TPSA) is 47.3 Å². The fraction of sp³-hybridized carbons (Fsp3) is 0.579. The first-order valence-electron chi connectivity index (χ1n) is 8.28. The molecule has 2 saturated carbocycles. The van der Waals surface area contributed by atoms with Gasteiger partial charge in [-0.05, 0) is 61.3 Å². The zero-order chi connectivity index (χ0) is 15.7. The van der Waals surface area contributed by atoms with Gasteiger partial charge in [-0.2, -0.15) is 0 Å². The van der Waals surface area contributed by atoms with Gasteiger partial charge in [0, 0.05) is 18.3 Å². The summed E-state index contributed by atoms with van der Waals surface area (Å²) in [5, 5.41) is 0. The fourth-order valence-electron chi connectivity index (χ4n) is 4.32. The number of hydrogen-bond donors (Lipinski definition) is 0. The van der Waals surface area contributed by atoms with E-state index in [2.05, 4.69) is 13.8 Å². The Morgan fingerprint density at radius 1 is 1.41 bits per heavy atom. The minimum absolute atomic E-state index is 0.0534. The van der Waals surface area contributed by atoms with Crippen LogP contribution in [0.4, 0.5) is 0 Å². The van der Waals surface area contributed by atoms with E-state index >= 15 is 0 Å². The molecule has 1 aromatic rings. The molecule has 0 bridgehead atoms. The van der Waals surface area contributed by atoms with Gasteiger partial charge >= 0.3 is 0 Å². The summed E-state index contributed by atoms with van der Waals surface area (Å²) in [4.78, 5) is 24.5. The summed E-state index contributed by atoms with van der Waals surface area (Å²) in [6.45, 7) is 4.36. The number of allylic oxidation sites excluding steroid dienone is 1. The Hall–Kier alpha value is -1.64. The molecule has 4 unspecified atom stereocenters. The number of furan rings is 1. The second-order valence-electron chi connectivity index (χ2n) is 7.24. The van der Waals surface area contributed by atoms with Gasteiger partial charge in [-0.15, -0.1) is 0 Å². The lowest BCUT2D eigenvalue weighted by molar-refractivity contribution is -0.136. The van der Waals surface area contributed by atoms with Gasteiger partial charge < -0.3 is 4.42 Å². The van der Waals surface area contributed by atoms with Gasteiger partial charge in [0.15, 0.2) is 5.78 Å². The first-order valence-corrected chi connectivity index (χ1v) is 8.28. The average Bonchev–Trinajstić information content (AvgIpc) is 3.02. The van der Waals surface area contributed by atoms with Crippen molar-refractivity contribution in [3.63, 3.8) is 0 Å². The molecule has 3 nitrogen and oxygen atoms in total. The maximum atomic E-state index is 12.4. The van der Waals surface area contributed by atoms with Crippen LogP contribution in [0.5, 0.6) is 0 Å². The van der Waals surface area contributed by atoms with E-state index in [-0.39, 0.29) is 23.0 Å². The highest BCUT2D eigenvalue weighted by Crippen LogP contribution is 2.53. The van der Waals surface area contributed by atoms with E-state index in [1.54, 1.807) is 18.4 Å². The summed E-state index contributed by atoms with van der Waals surface area (Å²) >= 11 is 0. The van der Waals surface area contributed by atoms with Crippen LogP contribution in [-0.4, -0.2) is 11.6 Å². The second-order valence-corrected chi connectivity index (χ2v) is 7.24. The summed E-state index contributed by atoms with van der Waals surface area (Å²) < 4.78 is 5.22. The van der Waals surface area contributed by atoms with Crippen molar-refractivity contribution in [2.45, 2.75) is 46.0 Å². The van der Waals surface area contributed by atoms with Gasteiger partial charge in [-0.3, -0.25) is 9.59 Å². The Morgan fingerprint density at radius 2 is 2.23 bits per heavy atom. The van der Waals surface area contributed by atoms with Gasteiger partial charge in [-0.25, -0.2) is 0 Å². The molecule has 118 valence electrons. The first-order chi connectivity index (χ1) is 10.5. The van der Waals surface area contributed by atoms with Crippen LogP contribution in [0.3, 0.4) is 0 Å². The third-order valence-corrected chi connectivity index (χ3v) is 5.91. The molecule has 3 heteroatoms. The van der Waals surface area contributed by atoms with E-state index in [1.807, 2.05) is 12.1 Å². The monoisotopic (exact) mass is 300 g/mol. The van der Waals surface area contributed by atoms with Gasteiger partial charge in [0.1, 0.15) is 11.5 Å². The molecule has 1 heterocycles. The maximum absolute atomic E-state index is 12.4. The number of rotatable bonds is 3. The van der Waals surface area contributed by atoms with Crippen LogP contribution in [0.25, 0.3) is 6.08 Å². The van der Waals surface area contributed by atoms with Crippen LogP contribution in [-0.2, 0) is 9.59 Å². The van der Waals surface area contributed by atoms with Gasteiger partial charge in [0.25, 0.3) is 0 Å². The molecule has 0 spiro atoms. The van der Waals surface area contributed by atoms with Crippen molar-refractivity contribution in [1.82, 2.24) is 0 Å². The van der Waals surface area contributed by atoms with Crippen molar-refractivity contribution in [3.05, 3.63) is 30.2 Å². The van der Waals surface area contributed by atoms with Gasteiger partial charge in [-0.1, -0.05) is 13.8 Å². The summed E-state index contributed by atoms with van der Waals surface area (Å²) in [7, 11) is 0. The molecule has 2 aliphatic carbocycles. The van der Waals surface area contributed by atoms with Crippen molar-refractivity contribution in [1.29, 1.82) is 0 Å². The van der Waals surface area contributed by atoms with Crippen molar-refractivity contribution in [3.8, 4) is 0 Å². The van der Waals surface area contributed by atoms with Crippen LogP contribution in [0, 0.1) is 23.2 Å². The molecule has 0 aromatic carbocycles. The molecular weight excluding hydrogens is 276 g/mol. The Labute approximate surface area is 131 Å². The maximum Gasteiger partial charge on any atom is 0.158 e. The highest BCUT2D eigenvalue weighted by atomic mass is 16.3. The summed E-state index contributed by atoms with van der Waals surface area (Å²) in [6.07, 6.45) is 9.54. The third kappa shape index (κ3) is 2.81. The van der Waals surface area contributed by atoms with Crippen LogP contribution in [0.2, 0.25) is 0 Å². The zero-order valence-corrected chi connectivity index (χ0v) is 13.4. The third-order valence-electron chi connectivity index (χ3n) is 5.91. The van der Waals surface area contributed by atoms with Gasteiger partial charge in [0.05, 0.1) is 6.26 Å². The number of ketones is 2. The smallest absolute Gasteiger partial charge is 0.158 e. The lowest BCUT2D eigenvalue weighted by Gasteiger charge is -2.49. The Morgan fingerprint density at radius 3 is 2.95 bits per heavy atom. The summed E-state index contributed by atoms with van der Waals surface area (Å²) in [5.41, 5.74) is 0.245. The minimum Gasteiger partial charge on any atom is -0.465 e. The number of fused-ring (bicyclic) bond motifs is 1. The predicted octanol–water partition coefficient (Wildman–Crippen LogP) is 4.28. The van der Waals surface area contributed by atoms with Crippen LogP contribution in [0.1, 0.15) is 51.7 Å². The predicted molar refractivity (Wildman–Crippen MR) is 85.1 cm³/mol. The molecule has 22 heavy (non-hydrogen) atoms. The Kier molecular flexibility index (Phi) is 4.07.